The predicted octanol–water partition coefficient (Wildman–Crippen LogP) is 4.02. The summed E-state index contributed by atoms with van der Waals surface area (Å²) in [4.78, 5) is 30.7. The fourth-order valence-corrected chi connectivity index (χ4v) is 4.29. The fourth-order valence-electron chi connectivity index (χ4n) is 4.29. The van der Waals surface area contributed by atoms with Gasteiger partial charge >= 0.3 is 0 Å². The summed E-state index contributed by atoms with van der Waals surface area (Å²) in [6.07, 6.45) is 6.01. The summed E-state index contributed by atoms with van der Waals surface area (Å²) in [7, 11) is 0. The highest BCUT2D eigenvalue weighted by molar-refractivity contribution is 5.95. The van der Waals surface area contributed by atoms with E-state index in [0.29, 0.717) is 17.9 Å². The molecule has 3 N–H and O–H groups in total. The van der Waals surface area contributed by atoms with Crippen LogP contribution in [0.2, 0.25) is 0 Å². The quantitative estimate of drug-likeness (QED) is 0.323. The highest BCUT2D eigenvalue weighted by Gasteiger charge is 2.27. The maximum absolute atomic E-state index is 13.6. The average Bonchev–Trinajstić information content (AvgIpc) is 3.71. The first kappa shape index (κ1) is 26.4. The SMILES string of the molecule is CCNCCOc1ccccc1C(C)(C)Nc1nccn(-c2cc(C(=O)NC3CC3)ccc2CC)c1=O. The summed E-state index contributed by atoms with van der Waals surface area (Å²) < 4.78 is 7.61. The van der Waals surface area contributed by atoms with Gasteiger partial charge in [-0.25, -0.2) is 4.98 Å². The molecule has 3 aromatic rings. The lowest BCUT2D eigenvalue weighted by atomic mass is 9.93. The van der Waals surface area contributed by atoms with Gasteiger partial charge in [0.25, 0.3) is 11.5 Å². The molecule has 37 heavy (non-hydrogen) atoms. The molecule has 0 bridgehead atoms. The lowest BCUT2D eigenvalue weighted by Crippen LogP contribution is -2.34. The Hall–Kier alpha value is -3.65. The van der Waals surface area contributed by atoms with E-state index < -0.39 is 5.54 Å². The number of carbonyl (C=O) groups excluding carboxylic acids is 1. The Morgan fingerprint density at radius 2 is 1.95 bits per heavy atom. The monoisotopic (exact) mass is 503 g/mol. The molecule has 1 aromatic heterocycles. The Morgan fingerprint density at radius 3 is 2.68 bits per heavy atom. The maximum Gasteiger partial charge on any atom is 0.297 e. The van der Waals surface area contributed by atoms with E-state index in [9.17, 15) is 9.59 Å². The molecule has 0 aliphatic heterocycles. The van der Waals surface area contributed by atoms with E-state index >= 15 is 0 Å². The summed E-state index contributed by atoms with van der Waals surface area (Å²) in [6, 6.07) is 13.6. The molecule has 1 saturated carbocycles. The number of hydrogen-bond acceptors (Lipinski definition) is 6. The van der Waals surface area contributed by atoms with E-state index in [4.69, 9.17) is 4.74 Å². The van der Waals surface area contributed by atoms with Gasteiger partial charge in [0.2, 0.25) is 0 Å². The molecular formula is C29H37N5O3. The summed E-state index contributed by atoms with van der Waals surface area (Å²) in [5, 5.41) is 9.62. The molecule has 1 heterocycles. The number of aryl methyl sites for hydroxylation is 1. The number of likely N-dealkylation sites (N-methyl/N-ethyl adjacent to an activating group) is 1. The van der Waals surface area contributed by atoms with E-state index in [1.807, 2.05) is 57.2 Å². The van der Waals surface area contributed by atoms with Crippen LogP contribution in [-0.2, 0) is 12.0 Å². The molecule has 8 nitrogen and oxygen atoms in total. The molecule has 0 saturated heterocycles. The van der Waals surface area contributed by atoms with Crippen LogP contribution in [0.3, 0.4) is 0 Å². The summed E-state index contributed by atoms with van der Waals surface area (Å²) >= 11 is 0. The van der Waals surface area contributed by atoms with E-state index in [2.05, 4.69) is 27.9 Å². The molecule has 1 aliphatic carbocycles. The standard InChI is InChI=1S/C29H37N5O3/c1-5-20-11-12-21(27(35)32-22-13-14-22)19-24(20)34-17-15-31-26(28(34)36)33-29(3,4)23-9-7-8-10-25(23)37-18-16-30-6-2/h7-12,15,17,19,22,30H,5-6,13-14,16,18H2,1-4H3,(H,31,33)(H,32,35). The van der Waals surface area contributed by atoms with Gasteiger partial charge in [-0.15, -0.1) is 0 Å². The van der Waals surface area contributed by atoms with Crippen molar-refractivity contribution in [1.29, 1.82) is 0 Å². The van der Waals surface area contributed by atoms with Crippen LogP contribution >= 0.6 is 0 Å². The number of nitrogens with one attached hydrogen (secondary N) is 3. The molecule has 0 unspecified atom stereocenters. The Kier molecular flexibility index (Phi) is 8.28. The van der Waals surface area contributed by atoms with Crippen LogP contribution in [0.5, 0.6) is 5.75 Å². The van der Waals surface area contributed by atoms with Crippen LogP contribution < -0.4 is 26.2 Å². The van der Waals surface area contributed by atoms with E-state index in [1.165, 1.54) is 0 Å². The van der Waals surface area contributed by atoms with Crippen molar-refractivity contribution in [2.75, 3.05) is 25.0 Å². The maximum atomic E-state index is 13.6. The van der Waals surface area contributed by atoms with Crippen molar-refractivity contribution < 1.29 is 9.53 Å². The predicted molar refractivity (Wildman–Crippen MR) is 147 cm³/mol. The zero-order valence-electron chi connectivity index (χ0n) is 22.1. The number of carbonyl (C=O) groups is 1. The summed E-state index contributed by atoms with van der Waals surface area (Å²) in [6.45, 7) is 10.3. The minimum Gasteiger partial charge on any atom is -0.492 e. The largest absolute Gasteiger partial charge is 0.492 e. The van der Waals surface area contributed by atoms with Gasteiger partial charge in [0.15, 0.2) is 5.82 Å². The Labute approximate surface area is 218 Å². The molecule has 8 heteroatoms. The van der Waals surface area contributed by atoms with Gasteiger partial charge in [-0.1, -0.05) is 38.1 Å². The third-order valence-corrected chi connectivity index (χ3v) is 6.52. The Balaban J connectivity index is 1.63. The first-order chi connectivity index (χ1) is 17.8. The molecule has 0 atom stereocenters. The zero-order chi connectivity index (χ0) is 26.4. The van der Waals surface area contributed by atoms with Gasteiger partial charge in [0.05, 0.1) is 11.2 Å². The van der Waals surface area contributed by atoms with Crippen LogP contribution in [0.15, 0.2) is 59.7 Å². The average molecular weight is 504 g/mol. The van der Waals surface area contributed by atoms with Crippen molar-refractivity contribution in [2.45, 2.75) is 58.5 Å². The summed E-state index contributed by atoms with van der Waals surface area (Å²) in [5.74, 6) is 0.875. The number of nitrogens with zero attached hydrogens (tertiary/aromatic N) is 2. The topological polar surface area (TPSA) is 97.3 Å². The zero-order valence-corrected chi connectivity index (χ0v) is 22.1. The first-order valence-corrected chi connectivity index (χ1v) is 13.1. The number of ether oxygens (including phenoxy) is 1. The molecule has 2 aromatic carbocycles. The number of aromatic nitrogens is 2. The van der Waals surface area contributed by atoms with Gasteiger partial charge in [-0.2, -0.15) is 0 Å². The third-order valence-electron chi connectivity index (χ3n) is 6.52. The van der Waals surface area contributed by atoms with Gasteiger partial charge in [-0.05, 0) is 63.4 Å². The number of hydrogen-bond donors (Lipinski definition) is 3. The van der Waals surface area contributed by atoms with Crippen molar-refractivity contribution in [3.05, 3.63) is 81.9 Å². The number of rotatable bonds is 12. The number of anilines is 1. The minimum absolute atomic E-state index is 0.112. The molecule has 196 valence electrons. The third kappa shape index (κ3) is 6.38. The van der Waals surface area contributed by atoms with E-state index in [0.717, 1.165) is 49.2 Å². The fraction of sp³-hybridized carbons (Fsp3) is 0.414. The van der Waals surface area contributed by atoms with E-state index in [1.54, 1.807) is 23.0 Å². The molecular weight excluding hydrogens is 466 g/mol. The molecule has 1 fully saturated rings. The second-order valence-electron chi connectivity index (χ2n) is 9.84. The van der Waals surface area contributed by atoms with Crippen molar-refractivity contribution >= 4 is 11.7 Å². The van der Waals surface area contributed by atoms with Crippen molar-refractivity contribution in [2.24, 2.45) is 0 Å². The molecule has 0 spiro atoms. The minimum atomic E-state index is -0.639. The lowest BCUT2D eigenvalue weighted by Gasteiger charge is -2.29. The van der Waals surface area contributed by atoms with Gasteiger partial charge in [0, 0.05) is 36.1 Å². The van der Waals surface area contributed by atoms with Crippen molar-refractivity contribution in [3.63, 3.8) is 0 Å². The lowest BCUT2D eigenvalue weighted by molar-refractivity contribution is 0.0951. The Bertz CT molecular complexity index is 1300. The molecule has 1 amide bonds. The highest BCUT2D eigenvalue weighted by Crippen LogP contribution is 2.32. The Morgan fingerprint density at radius 1 is 1.16 bits per heavy atom. The highest BCUT2D eigenvalue weighted by atomic mass is 16.5. The first-order valence-electron chi connectivity index (χ1n) is 13.1. The van der Waals surface area contributed by atoms with Gasteiger partial charge < -0.3 is 20.7 Å². The van der Waals surface area contributed by atoms with Crippen LogP contribution in [0.25, 0.3) is 5.69 Å². The number of para-hydroxylation sites is 1. The van der Waals surface area contributed by atoms with Crippen LogP contribution in [0.1, 0.15) is 62.0 Å². The van der Waals surface area contributed by atoms with Gasteiger partial charge in [0.1, 0.15) is 12.4 Å². The van der Waals surface area contributed by atoms with Crippen molar-refractivity contribution in [1.82, 2.24) is 20.2 Å². The van der Waals surface area contributed by atoms with Crippen molar-refractivity contribution in [3.8, 4) is 11.4 Å². The second kappa shape index (κ2) is 11.6. The van der Waals surface area contributed by atoms with Crippen LogP contribution in [0.4, 0.5) is 5.82 Å². The molecule has 0 radical (unpaired) electrons. The van der Waals surface area contributed by atoms with Crippen LogP contribution in [0, 0.1) is 0 Å². The van der Waals surface area contributed by atoms with E-state index in [-0.39, 0.29) is 23.3 Å². The number of amides is 1. The summed E-state index contributed by atoms with van der Waals surface area (Å²) in [5.41, 5.74) is 2.21. The van der Waals surface area contributed by atoms with Gasteiger partial charge in [-0.3, -0.25) is 14.2 Å². The number of benzene rings is 2. The molecule has 4 rings (SSSR count). The van der Waals surface area contributed by atoms with Crippen LogP contribution in [-0.4, -0.2) is 41.2 Å². The normalized spacial score (nSPS) is 13.3. The molecule has 1 aliphatic rings. The smallest absolute Gasteiger partial charge is 0.297 e. The second-order valence-corrected chi connectivity index (χ2v) is 9.84.